The molecule has 0 unspecified atom stereocenters. The zero-order valence-corrected chi connectivity index (χ0v) is 24.2. The molecule has 0 aliphatic carbocycles. The van der Waals surface area contributed by atoms with E-state index in [9.17, 15) is 19.5 Å². The minimum atomic E-state index is -1.29. The molecule has 0 saturated carbocycles. The molecule has 0 fully saturated rings. The molecule has 0 aromatic heterocycles. The van der Waals surface area contributed by atoms with Gasteiger partial charge in [0.2, 0.25) is 0 Å². The Bertz CT molecular complexity index is 1060. The second-order valence-corrected chi connectivity index (χ2v) is 9.32. The maximum absolute atomic E-state index is 11.9. The normalized spacial score (nSPS) is 11.9. The van der Waals surface area contributed by atoms with E-state index < -0.39 is 12.0 Å². The van der Waals surface area contributed by atoms with Gasteiger partial charge in [0.05, 0.1) is 0 Å². The average molecular weight is 567 g/mol. The molecule has 1 rings (SSSR count). The lowest BCUT2D eigenvalue weighted by atomic mass is 10.2. The number of hydrogen-bond acceptors (Lipinski definition) is 5. The molecule has 8 heteroatoms. The molecular formula is C33H46N2O6. The van der Waals surface area contributed by atoms with Crippen LogP contribution in [0.2, 0.25) is 0 Å². The molecule has 4 N–H and O–H groups in total. The summed E-state index contributed by atoms with van der Waals surface area (Å²) in [4.78, 5) is 34.9. The third-order valence-corrected chi connectivity index (χ3v) is 5.73. The summed E-state index contributed by atoms with van der Waals surface area (Å²) in [6, 6.07) is 3.23. The monoisotopic (exact) mass is 566 g/mol. The summed E-state index contributed by atoms with van der Waals surface area (Å²) in [7, 11) is 0. The SMILES string of the molecule is CC/C=C\C/C=C\C/C=C\C/C=C\C/C=C\CCCCOCC(=O)CCCNC(=O)Nc1ccc(O)c(C(=O)O)c1. The fourth-order valence-electron chi connectivity index (χ4n) is 3.54. The molecule has 0 aliphatic heterocycles. The minimum Gasteiger partial charge on any atom is -0.507 e. The van der Waals surface area contributed by atoms with E-state index in [1.807, 2.05) is 0 Å². The molecule has 1 aromatic rings. The number of amides is 2. The number of ether oxygens (including phenoxy) is 1. The van der Waals surface area contributed by atoms with Crippen LogP contribution in [-0.4, -0.2) is 47.8 Å². The van der Waals surface area contributed by atoms with Crippen LogP contribution in [0, 0.1) is 0 Å². The van der Waals surface area contributed by atoms with E-state index >= 15 is 0 Å². The number of nitrogens with one attached hydrogen (secondary N) is 2. The molecule has 8 nitrogen and oxygen atoms in total. The third-order valence-electron chi connectivity index (χ3n) is 5.73. The topological polar surface area (TPSA) is 125 Å². The fourth-order valence-corrected chi connectivity index (χ4v) is 3.54. The van der Waals surface area contributed by atoms with Crippen LogP contribution in [0.5, 0.6) is 5.75 Å². The number of allylic oxidation sites excluding steroid dienone is 10. The Labute approximate surface area is 244 Å². The maximum Gasteiger partial charge on any atom is 0.339 e. The lowest BCUT2D eigenvalue weighted by molar-refractivity contribution is -0.123. The Balaban J connectivity index is 1.97. The predicted octanol–water partition coefficient (Wildman–Crippen LogP) is 7.50. The van der Waals surface area contributed by atoms with Gasteiger partial charge in [0.25, 0.3) is 0 Å². The molecule has 0 radical (unpaired) electrons. The van der Waals surface area contributed by atoms with Crippen molar-refractivity contribution in [1.29, 1.82) is 0 Å². The van der Waals surface area contributed by atoms with E-state index in [2.05, 4.69) is 78.3 Å². The molecule has 1 aromatic carbocycles. The van der Waals surface area contributed by atoms with Crippen LogP contribution >= 0.6 is 0 Å². The summed E-state index contributed by atoms with van der Waals surface area (Å²) in [5.74, 6) is -1.69. The van der Waals surface area contributed by atoms with Crippen LogP contribution in [-0.2, 0) is 9.53 Å². The number of carbonyl (C=O) groups excluding carboxylic acids is 2. The zero-order valence-electron chi connectivity index (χ0n) is 24.2. The Hall–Kier alpha value is -3.91. The van der Waals surface area contributed by atoms with Gasteiger partial charge in [0.15, 0.2) is 5.78 Å². The van der Waals surface area contributed by atoms with Crippen molar-refractivity contribution in [2.24, 2.45) is 0 Å². The van der Waals surface area contributed by atoms with Crippen molar-refractivity contribution >= 4 is 23.5 Å². The summed E-state index contributed by atoms with van der Waals surface area (Å²) in [6.07, 6.45) is 30.5. The highest BCUT2D eigenvalue weighted by atomic mass is 16.5. The number of ketones is 1. The van der Waals surface area contributed by atoms with Crippen LogP contribution < -0.4 is 10.6 Å². The number of Topliss-reactive ketones (excluding diaryl/α,β-unsaturated/α-hetero) is 1. The number of benzene rings is 1. The standard InChI is InChI=1S/C33H46N2O6/c1-2-3-4-5-6-7-8-9-10-11-12-13-14-15-16-17-18-19-25-41-27-29(36)21-20-24-34-33(40)35-28-22-23-31(37)30(26-28)32(38)39/h3-4,6-7,9-10,12-13,15-16,22-23,26,37H,2,5,8,11,14,17-21,24-25,27H2,1H3,(H,38,39)(H2,34,35,40)/b4-3-,7-6-,10-9-,13-12-,16-15-. The number of rotatable bonds is 22. The van der Waals surface area contributed by atoms with Crippen molar-refractivity contribution in [1.82, 2.24) is 5.32 Å². The van der Waals surface area contributed by atoms with Crippen LogP contribution in [0.4, 0.5) is 10.5 Å². The minimum absolute atomic E-state index is 0.0188. The lowest BCUT2D eigenvalue weighted by Gasteiger charge is -2.09. The predicted molar refractivity (Wildman–Crippen MR) is 165 cm³/mol. The molecule has 0 heterocycles. The molecule has 0 saturated heterocycles. The van der Waals surface area contributed by atoms with Crippen molar-refractivity contribution in [2.75, 3.05) is 25.1 Å². The Kier molecular flexibility index (Phi) is 20.5. The Morgan fingerprint density at radius 3 is 2.05 bits per heavy atom. The molecule has 0 aliphatic rings. The van der Waals surface area contributed by atoms with Crippen molar-refractivity contribution in [2.45, 2.75) is 71.1 Å². The number of phenols is 1. The van der Waals surface area contributed by atoms with Crippen LogP contribution in [0.1, 0.15) is 81.5 Å². The van der Waals surface area contributed by atoms with Crippen molar-refractivity contribution < 1.29 is 29.3 Å². The molecule has 41 heavy (non-hydrogen) atoms. The third kappa shape index (κ3) is 19.7. The van der Waals surface area contributed by atoms with Crippen molar-refractivity contribution in [3.05, 3.63) is 84.5 Å². The molecule has 0 spiro atoms. The number of aromatic hydroxyl groups is 1. The summed E-state index contributed by atoms with van der Waals surface area (Å²) in [5, 5.41) is 23.6. The number of urea groups is 1. The van der Waals surface area contributed by atoms with Crippen LogP contribution in [0.3, 0.4) is 0 Å². The number of carboxylic acids is 1. The van der Waals surface area contributed by atoms with Gasteiger partial charge in [0, 0.05) is 25.3 Å². The Morgan fingerprint density at radius 2 is 1.44 bits per heavy atom. The number of carboxylic acid groups (broad SMARTS) is 1. The van der Waals surface area contributed by atoms with Gasteiger partial charge in [-0.05, 0) is 76.0 Å². The van der Waals surface area contributed by atoms with Gasteiger partial charge in [-0.1, -0.05) is 67.7 Å². The van der Waals surface area contributed by atoms with Gasteiger partial charge in [0.1, 0.15) is 17.9 Å². The van der Waals surface area contributed by atoms with Gasteiger partial charge >= 0.3 is 12.0 Å². The van der Waals surface area contributed by atoms with Gasteiger partial charge in [-0.25, -0.2) is 9.59 Å². The Morgan fingerprint density at radius 1 is 0.829 bits per heavy atom. The second kappa shape index (κ2) is 23.9. The fraction of sp³-hybridized carbons (Fsp3) is 0.424. The summed E-state index contributed by atoms with van der Waals surface area (Å²) < 4.78 is 5.46. The summed E-state index contributed by atoms with van der Waals surface area (Å²) in [6.45, 7) is 3.04. The molecular weight excluding hydrogens is 520 g/mol. The number of aromatic carboxylic acids is 1. The molecule has 224 valence electrons. The molecule has 0 atom stereocenters. The number of carbonyl (C=O) groups is 3. The average Bonchev–Trinajstić information content (AvgIpc) is 2.95. The zero-order chi connectivity index (χ0) is 30.0. The van der Waals surface area contributed by atoms with E-state index in [1.54, 1.807) is 0 Å². The highest BCUT2D eigenvalue weighted by Crippen LogP contribution is 2.21. The van der Waals surface area contributed by atoms with E-state index in [4.69, 9.17) is 9.84 Å². The maximum atomic E-state index is 11.9. The van der Waals surface area contributed by atoms with Gasteiger partial charge in [-0.3, -0.25) is 4.79 Å². The number of hydrogen-bond donors (Lipinski definition) is 4. The highest BCUT2D eigenvalue weighted by Gasteiger charge is 2.11. The van der Waals surface area contributed by atoms with E-state index in [-0.39, 0.29) is 35.9 Å². The number of anilines is 1. The summed E-state index contributed by atoms with van der Waals surface area (Å²) in [5.41, 5.74) is -0.0638. The second-order valence-electron chi connectivity index (χ2n) is 9.32. The molecule has 0 bridgehead atoms. The van der Waals surface area contributed by atoms with E-state index in [1.165, 1.54) is 18.2 Å². The van der Waals surface area contributed by atoms with Crippen molar-refractivity contribution in [3.8, 4) is 5.75 Å². The lowest BCUT2D eigenvalue weighted by Crippen LogP contribution is -2.30. The first-order chi connectivity index (χ1) is 19.9. The number of unbranched alkanes of at least 4 members (excludes halogenated alkanes) is 2. The quantitative estimate of drug-likeness (QED) is 0.0654. The van der Waals surface area contributed by atoms with Crippen LogP contribution in [0.25, 0.3) is 0 Å². The first-order valence-electron chi connectivity index (χ1n) is 14.4. The van der Waals surface area contributed by atoms with Gasteiger partial charge in [-0.2, -0.15) is 0 Å². The van der Waals surface area contributed by atoms with Gasteiger partial charge < -0.3 is 25.6 Å². The first kappa shape index (κ1) is 35.1. The smallest absolute Gasteiger partial charge is 0.339 e. The van der Waals surface area contributed by atoms with E-state index in [0.29, 0.717) is 19.4 Å². The van der Waals surface area contributed by atoms with Crippen LogP contribution in [0.15, 0.2) is 79.0 Å². The van der Waals surface area contributed by atoms with Crippen molar-refractivity contribution in [3.63, 3.8) is 0 Å². The summed E-state index contributed by atoms with van der Waals surface area (Å²) >= 11 is 0. The molecule has 2 amide bonds. The van der Waals surface area contributed by atoms with E-state index in [0.717, 1.165) is 51.4 Å². The van der Waals surface area contributed by atoms with Gasteiger partial charge in [-0.15, -0.1) is 0 Å². The largest absolute Gasteiger partial charge is 0.507 e. The highest BCUT2D eigenvalue weighted by molar-refractivity contribution is 5.95. The first-order valence-corrected chi connectivity index (χ1v) is 14.4.